The highest BCUT2D eigenvalue weighted by molar-refractivity contribution is 7.88. The van der Waals surface area contributed by atoms with Gasteiger partial charge in [0.15, 0.2) is 5.75 Å². The van der Waals surface area contributed by atoms with Crippen molar-refractivity contribution >= 4 is 62.0 Å². The van der Waals surface area contributed by atoms with E-state index in [1.807, 2.05) is 0 Å². The highest BCUT2D eigenvalue weighted by Crippen LogP contribution is 2.35. The van der Waals surface area contributed by atoms with Crippen LogP contribution in [-0.4, -0.2) is 52.4 Å². The standard InChI is InChI=1S/C20H14O13S4/c21-14-3-1-12-5-16(10-19(17(12)9-14)35(25,26)27)37(31,32)33-18-7-11-2-4-15(34(22,23)24)6-13(11)8-20(18)36(28,29)30/h1-10,21H,(H,22,23,24)(H,25,26,27)(H,28,29,30). The zero-order valence-electron chi connectivity index (χ0n) is 17.9. The minimum absolute atomic E-state index is 0.0395. The summed E-state index contributed by atoms with van der Waals surface area (Å²) in [5.41, 5.74) is 0. The van der Waals surface area contributed by atoms with Crippen LogP contribution in [0.25, 0.3) is 21.5 Å². The van der Waals surface area contributed by atoms with Crippen LogP contribution in [0.5, 0.6) is 11.5 Å². The van der Waals surface area contributed by atoms with E-state index >= 15 is 0 Å². The van der Waals surface area contributed by atoms with Crippen molar-refractivity contribution in [1.29, 1.82) is 0 Å². The monoisotopic (exact) mass is 590 g/mol. The third-order valence-corrected chi connectivity index (χ3v) is 8.92. The fourth-order valence-corrected chi connectivity index (χ4v) is 6.48. The molecule has 13 nitrogen and oxygen atoms in total. The fourth-order valence-electron chi connectivity index (χ4n) is 3.47. The van der Waals surface area contributed by atoms with Crippen LogP contribution in [0.4, 0.5) is 0 Å². The van der Waals surface area contributed by atoms with Gasteiger partial charge in [-0.2, -0.15) is 33.7 Å². The van der Waals surface area contributed by atoms with Gasteiger partial charge in [-0.05, 0) is 64.7 Å². The molecule has 4 N–H and O–H groups in total. The summed E-state index contributed by atoms with van der Waals surface area (Å²) in [4.78, 5) is -3.42. The Morgan fingerprint density at radius 3 is 1.73 bits per heavy atom. The highest BCUT2D eigenvalue weighted by Gasteiger charge is 2.27. The lowest BCUT2D eigenvalue weighted by molar-refractivity contribution is 0.463. The average molecular weight is 591 g/mol. The van der Waals surface area contributed by atoms with E-state index < -0.39 is 65.8 Å². The topological polar surface area (TPSA) is 227 Å². The zero-order valence-corrected chi connectivity index (χ0v) is 21.1. The molecule has 0 unspecified atom stereocenters. The molecule has 0 atom stereocenters. The van der Waals surface area contributed by atoms with Crippen molar-refractivity contribution < 1.29 is 56.6 Å². The molecule has 0 amide bonds. The average Bonchev–Trinajstić information content (AvgIpc) is 2.75. The molecular formula is C20H14O13S4. The van der Waals surface area contributed by atoms with E-state index in [1.165, 1.54) is 0 Å². The molecule has 4 aromatic carbocycles. The molecule has 0 fully saturated rings. The van der Waals surface area contributed by atoms with Crippen molar-refractivity contribution in [1.82, 2.24) is 0 Å². The summed E-state index contributed by atoms with van der Waals surface area (Å²) in [5.74, 6) is -1.30. The van der Waals surface area contributed by atoms with E-state index in [2.05, 4.69) is 0 Å². The fraction of sp³-hybridized carbons (Fsp3) is 0. The summed E-state index contributed by atoms with van der Waals surface area (Å²) in [5, 5.41) is 9.28. The first-order valence-corrected chi connectivity index (χ1v) is 15.3. The normalized spacial score (nSPS) is 13.2. The van der Waals surface area contributed by atoms with Gasteiger partial charge in [-0.1, -0.05) is 12.1 Å². The van der Waals surface area contributed by atoms with Crippen LogP contribution in [-0.2, 0) is 40.5 Å². The van der Waals surface area contributed by atoms with Crippen LogP contribution in [0, 0.1) is 0 Å². The van der Waals surface area contributed by atoms with Crippen molar-refractivity contribution in [3.8, 4) is 11.5 Å². The maximum atomic E-state index is 13.1. The van der Waals surface area contributed by atoms with Gasteiger partial charge >= 0.3 is 10.1 Å². The number of hydrogen-bond donors (Lipinski definition) is 4. The van der Waals surface area contributed by atoms with Crippen LogP contribution in [0.15, 0.2) is 80.2 Å². The second-order valence-electron chi connectivity index (χ2n) is 7.60. The number of phenolic OH excluding ortho intramolecular Hbond substituents is 1. The quantitative estimate of drug-likeness (QED) is 0.187. The molecule has 196 valence electrons. The smallest absolute Gasteiger partial charge is 0.339 e. The molecule has 4 rings (SSSR count). The van der Waals surface area contributed by atoms with Gasteiger partial charge in [0.1, 0.15) is 20.4 Å². The minimum Gasteiger partial charge on any atom is -0.508 e. The molecule has 0 saturated carbocycles. The Kier molecular flexibility index (Phi) is 6.23. The number of fused-ring (bicyclic) bond motifs is 2. The Bertz CT molecular complexity index is 2050. The molecule has 37 heavy (non-hydrogen) atoms. The van der Waals surface area contributed by atoms with E-state index in [1.54, 1.807) is 0 Å². The Morgan fingerprint density at radius 2 is 1.14 bits per heavy atom. The molecule has 17 heteroatoms. The zero-order chi connectivity index (χ0) is 27.6. The third-order valence-electron chi connectivity index (χ3n) is 5.09. The molecule has 0 aliphatic carbocycles. The lowest BCUT2D eigenvalue weighted by Crippen LogP contribution is -2.13. The van der Waals surface area contributed by atoms with Crippen LogP contribution in [0.1, 0.15) is 0 Å². The van der Waals surface area contributed by atoms with Crippen molar-refractivity contribution in [3.05, 3.63) is 60.7 Å². The minimum atomic E-state index is -5.16. The van der Waals surface area contributed by atoms with E-state index in [0.717, 1.165) is 48.5 Å². The van der Waals surface area contributed by atoms with Crippen molar-refractivity contribution in [3.63, 3.8) is 0 Å². The van der Waals surface area contributed by atoms with Crippen molar-refractivity contribution in [2.75, 3.05) is 0 Å². The number of aromatic hydroxyl groups is 1. The molecule has 0 bridgehead atoms. The highest BCUT2D eigenvalue weighted by atomic mass is 32.2. The maximum Gasteiger partial charge on any atom is 0.339 e. The van der Waals surface area contributed by atoms with Gasteiger partial charge in [-0.15, -0.1) is 0 Å². The van der Waals surface area contributed by atoms with E-state index in [-0.39, 0.29) is 27.3 Å². The molecule has 0 aromatic heterocycles. The predicted molar refractivity (Wildman–Crippen MR) is 127 cm³/mol. The van der Waals surface area contributed by atoms with Gasteiger partial charge in [0.2, 0.25) is 0 Å². The predicted octanol–water partition coefficient (Wildman–Crippen LogP) is 2.21. The van der Waals surface area contributed by atoms with Gasteiger partial charge in [-0.25, -0.2) is 0 Å². The number of hydrogen-bond acceptors (Lipinski definition) is 10. The Labute approximate surface area is 209 Å². The van der Waals surface area contributed by atoms with Gasteiger partial charge < -0.3 is 9.29 Å². The molecule has 0 aliphatic heterocycles. The van der Waals surface area contributed by atoms with Gasteiger partial charge in [0, 0.05) is 5.39 Å². The summed E-state index contributed by atoms with van der Waals surface area (Å²) in [6, 6.07) is 9.18. The largest absolute Gasteiger partial charge is 0.508 e. The Balaban J connectivity index is 1.93. The van der Waals surface area contributed by atoms with Gasteiger partial charge in [0.25, 0.3) is 30.4 Å². The van der Waals surface area contributed by atoms with Crippen LogP contribution in [0.2, 0.25) is 0 Å². The summed E-state index contributed by atoms with van der Waals surface area (Å²) in [7, 11) is -19.9. The second-order valence-corrected chi connectivity index (χ2v) is 13.3. The molecule has 0 aliphatic rings. The van der Waals surface area contributed by atoms with E-state index in [9.17, 15) is 52.4 Å². The molecular weight excluding hydrogens is 576 g/mol. The third kappa shape index (κ3) is 5.37. The van der Waals surface area contributed by atoms with E-state index in [0.29, 0.717) is 12.1 Å². The second kappa shape index (κ2) is 8.62. The summed E-state index contributed by atoms with van der Waals surface area (Å²) >= 11 is 0. The first-order valence-electron chi connectivity index (χ1n) is 9.58. The van der Waals surface area contributed by atoms with Gasteiger partial charge in [0.05, 0.1) is 4.90 Å². The Hall–Kier alpha value is -3.32. The van der Waals surface area contributed by atoms with E-state index in [4.69, 9.17) is 4.18 Å². The number of benzene rings is 4. The lowest BCUT2D eigenvalue weighted by Gasteiger charge is -2.13. The molecule has 0 saturated heterocycles. The maximum absolute atomic E-state index is 13.1. The van der Waals surface area contributed by atoms with Crippen LogP contribution < -0.4 is 4.18 Å². The summed E-state index contributed by atoms with van der Waals surface area (Å²) < 4.78 is 130. The first kappa shape index (κ1) is 26.7. The number of rotatable bonds is 6. The molecule has 4 aromatic rings. The van der Waals surface area contributed by atoms with Crippen LogP contribution in [0.3, 0.4) is 0 Å². The SMILES string of the molecule is O=S(=O)(O)c1ccc2cc(OS(=O)(=O)c3cc(S(=O)(=O)O)c4cc(O)ccc4c3)c(S(=O)(=O)O)cc2c1. The first-order chi connectivity index (χ1) is 16.9. The molecule has 0 heterocycles. The molecule has 0 spiro atoms. The summed E-state index contributed by atoms with van der Waals surface area (Å²) in [6.45, 7) is 0. The number of phenols is 1. The van der Waals surface area contributed by atoms with Gasteiger partial charge in [-0.3, -0.25) is 13.7 Å². The van der Waals surface area contributed by atoms with Crippen LogP contribution >= 0.6 is 0 Å². The van der Waals surface area contributed by atoms with Crippen molar-refractivity contribution in [2.45, 2.75) is 19.6 Å². The van der Waals surface area contributed by atoms with Crippen molar-refractivity contribution in [2.24, 2.45) is 0 Å². The lowest BCUT2D eigenvalue weighted by atomic mass is 10.1. The summed E-state index contributed by atoms with van der Waals surface area (Å²) in [6.07, 6.45) is 0. The molecule has 0 radical (unpaired) electrons. The Morgan fingerprint density at radius 1 is 0.541 bits per heavy atom.